The molecule has 0 spiro atoms. The zero-order chi connectivity index (χ0) is 15.9. The summed E-state index contributed by atoms with van der Waals surface area (Å²) in [5, 5.41) is 8.77. The SMILES string of the molecule is Cc1ccccc1CCC(=O)N1CCCC(CCC(=O)O)C1. The Morgan fingerprint density at radius 3 is 2.77 bits per heavy atom. The molecule has 1 heterocycles. The zero-order valence-electron chi connectivity index (χ0n) is 13.3. The van der Waals surface area contributed by atoms with Crippen LogP contribution in [0.25, 0.3) is 0 Å². The van der Waals surface area contributed by atoms with Crippen LogP contribution in [0.4, 0.5) is 0 Å². The second kappa shape index (κ2) is 7.97. The van der Waals surface area contributed by atoms with Gasteiger partial charge in [-0.1, -0.05) is 24.3 Å². The molecule has 0 aromatic heterocycles. The predicted octanol–water partition coefficient (Wildman–Crippen LogP) is 3.03. The highest BCUT2D eigenvalue weighted by atomic mass is 16.4. The van der Waals surface area contributed by atoms with E-state index >= 15 is 0 Å². The van der Waals surface area contributed by atoms with Crippen molar-refractivity contribution in [1.29, 1.82) is 0 Å². The molecule has 1 unspecified atom stereocenters. The van der Waals surface area contributed by atoms with E-state index in [2.05, 4.69) is 19.1 Å². The third kappa shape index (κ3) is 4.86. The Morgan fingerprint density at radius 1 is 1.27 bits per heavy atom. The van der Waals surface area contributed by atoms with Crippen LogP contribution in [0.2, 0.25) is 0 Å². The highest BCUT2D eigenvalue weighted by Gasteiger charge is 2.23. The maximum Gasteiger partial charge on any atom is 0.303 e. The van der Waals surface area contributed by atoms with Crippen LogP contribution in [-0.2, 0) is 16.0 Å². The Kier molecular flexibility index (Phi) is 5.99. The van der Waals surface area contributed by atoms with Crippen molar-refractivity contribution in [2.75, 3.05) is 13.1 Å². The maximum atomic E-state index is 12.4. The van der Waals surface area contributed by atoms with E-state index < -0.39 is 5.97 Å². The summed E-state index contributed by atoms with van der Waals surface area (Å²) in [7, 11) is 0. The van der Waals surface area contributed by atoms with Gasteiger partial charge in [0.25, 0.3) is 0 Å². The molecule has 1 aromatic carbocycles. The van der Waals surface area contributed by atoms with Gasteiger partial charge in [-0.15, -0.1) is 0 Å². The Balaban J connectivity index is 1.81. The molecule has 4 heteroatoms. The van der Waals surface area contributed by atoms with E-state index in [0.717, 1.165) is 32.4 Å². The van der Waals surface area contributed by atoms with Crippen LogP contribution in [0.3, 0.4) is 0 Å². The second-order valence-corrected chi connectivity index (χ2v) is 6.21. The van der Waals surface area contributed by atoms with E-state index in [9.17, 15) is 9.59 Å². The summed E-state index contributed by atoms with van der Waals surface area (Å²) in [4.78, 5) is 25.0. The molecule has 0 radical (unpaired) electrons. The van der Waals surface area contributed by atoms with Crippen molar-refractivity contribution >= 4 is 11.9 Å². The standard InChI is InChI=1S/C18H25NO3/c1-14-5-2-3-7-16(14)9-10-17(20)19-12-4-6-15(13-19)8-11-18(21)22/h2-3,5,7,15H,4,6,8-13H2,1H3,(H,21,22). The fourth-order valence-electron chi connectivity index (χ4n) is 3.15. The Bertz CT molecular complexity index is 527. The number of hydrogen-bond acceptors (Lipinski definition) is 2. The molecule has 1 fully saturated rings. The minimum atomic E-state index is -0.747. The Labute approximate surface area is 132 Å². The van der Waals surface area contributed by atoms with Gasteiger partial charge >= 0.3 is 5.97 Å². The summed E-state index contributed by atoms with van der Waals surface area (Å²) in [5.74, 6) is -0.210. The molecule has 4 nitrogen and oxygen atoms in total. The Morgan fingerprint density at radius 2 is 2.05 bits per heavy atom. The van der Waals surface area contributed by atoms with Crippen LogP contribution in [0, 0.1) is 12.8 Å². The van der Waals surface area contributed by atoms with E-state index in [1.165, 1.54) is 11.1 Å². The fraction of sp³-hybridized carbons (Fsp3) is 0.556. The first-order valence-corrected chi connectivity index (χ1v) is 8.10. The number of benzene rings is 1. The number of carbonyl (C=O) groups excluding carboxylic acids is 1. The molecule has 1 aliphatic heterocycles. The molecule has 1 aromatic rings. The van der Waals surface area contributed by atoms with E-state index in [-0.39, 0.29) is 12.3 Å². The van der Waals surface area contributed by atoms with Gasteiger partial charge in [-0.05, 0) is 49.7 Å². The number of piperidine rings is 1. The minimum absolute atomic E-state index is 0.197. The van der Waals surface area contributed by atoms with Gasteiger partial charge in [0.1, 0.15) is 0 Å². The number of amides is 1. The second-order valence-electron chi connectivity index (χ2n) is 6.21. The molecule has 1 saturated heterocycles. The van der Waals surface area contributed by atoms with Gasteiger partial charge in [0.15, 0.2) is 0 Å². The summed E-state index contributed by atoms with van der Waals surface area (Å²) in [6.45, 7) is 3.61. The van der Waals surface area contributed by atoms with Gasteiger partial charge in [-0.25, -0.2) is 0 Å². The van der Waals surface area contributed by atoms with Crippen molar-refractivity contribution in [2.45, 2.75) is 45.4 Å². The molecule has 1 atom stereocenters. The summed E-state index contributed by atoms with van der Waals surface area (Å²) in [5.41, 5.74) is 2.46. The third-order valence-corrected chi connectivity index (χ3v) is 4.51. The van der Waals surface area contributed by atoms with E-state index in [1.807, 2.05) is 17.0 Å². The highest BCUT2D eigenvalue weighted by Crippen LogP contribution is 2.22. The topological polar surface area (TPSA) is 57.6 Å². The number of aryl methyl sites for hydroxylation is 2. The molecular formula is C18H25NO3. The third-order valence-electron chi connectivity index (χ3n) is 4.51. The van der Waals surface area contributed by atoms with Crippen molar-refractivity contribution in [1.82, 2.24) is 4.90 Å². The largest absolute Gasteiger partial charge is 0.481 e. The Hall–Kier alpha value is -1.84. The lowest BCUT2D eigenvalue weighted by Gasteiger charge is -2.32. The first kappa shape index (κ1) is 16.5. The summed E-state index contributed by atoms with van der Waals surface area (Å²) < 4.78 is 0. The van der Waals surface area contributed by atoms with Gasteiger partial charge < -0.3 is 10.0 Å². The lowest BCUT2D eigenvalue weighted by molar-refractivity contribution is -0.137. The molecule has 2 rings (SSSR count). The molecule has 1 aliphatic rings. The number of nitrogens with zero attached hydrogens (tertiary/aromatic N) is 1. The number of carboxylic acid groups (broad SMARTS) is 1. The van der Waals surface area contributed by atoms with Crippen LogP contribution >= 0.6 is 0 Å². The van der Waals surface area contributed by atoms with Crippen LogP contribution in [-0.4, -0.2) is 35.0 Å². The van der Waals surface area contributed by atoms with Crippen molar-refractivity contribution in [3.8, 4) is 0 Å². The number of hydrogen-bond donors (Lipinski definition) is 1. The number of carbonyl (C=O) groups is 2. The first-order valence-electron chi connectivity index (χ1n) is 8.10. The van der Waals surface area contributed by atoms with Gasteiger partial charge in [0, 0.05) is 25.9 Å². The molecule has 0 bridgehead atoms. The van der Waals surface area contributed by atoms with E-state index in [0.29, 0.717) is 18.8 Å². The van der Waals surface area contributed by atoms with Crippen molar-refractivity contribution in [2.24, 2.45) is 5.92 Å². The van der Waals surface area contributed by atoms with Crippen LogP contribution in [0.5, 0.6) is 0 Å². The summed E-state index contributed by atoms with van der Waals surface area (Å²) >= 11 is 0. The lowest BCUT2D eigenvalue weighted by atomic mass is 9.93. The van der Waals surface area contributed by atoms with Crippen molar-refractivity contribution in [3.05, 3.63) is 35.4 Å². The summed E-state index contributed by atoms with van der Waals surface area (Å²) in [6.07, 6.45) is 4.22. The fourth-order valence-corrected chi connectivity index (χ4v) is 3.15. The molecule has 0 aliphatic carbocycles. The quantitative estimate of drug-likeness (QED) is 0.879. The van der Waals surface area contributed by atoms with E-state index in [1.54, 1.807) is 0 Å². The average molecular weight is 303 g/mol. The smallest absolute Gasteiger partial charge is 0.303 e. The molecule has 22 heavy (non-hydrogen) atoms. The van der Waals surface area contributed by atoms with Gasteiger partial charge in [0.2, 0.25) is 5.91 Å². The number of aliphatic carboxylic acids is 1. The summed E-state index contributed by atoms with van der Waals surface area (Å²) in [6, 6.07) is 8.17. The van der Waals surface area contributed by atoms with Gasteiger partial charge in [0.05, 0.1) is 0 Å². The van der Waals surface area contributed by atoms with Crippen molar-refractivity contribution in [3.63, 3.8) is 0 Å². The minimum Gasteiger partial charge on any atom is -0.481 e. The zero-order valence-corrected chi connectivity index (χ0v) is 13.3. The molecule has 0 saturated carbocycles. The number of carboxylic acids is 1. The monoisotopic (exact) mass is 303 g/mol. The maximum absolute atomic E-state index is 12.4. The molecular weight excluding hydrogens is 278 g/mol. The van der Waals surface area contributed by atoms with Gasteiger partial charge in [-0.3, -0.25) is 9.59 Å². The van der Waals surface area contributed by atoms with E-state index in [4.69, 9.17) is 5.11 Å². The van der Waals surface area contributed by atoms with Crippen LogP contribution in [0.1, 0.15) is 43.2 Å². The average Bonchev–Trinajstić information content (AvgIpc) is 2.52. The number of rotatable bonds is 6. The predicted molar refractivity (Wildman–Crippen MR) is 85.7 cm³/mol. The molecule has 1 amide bonds. The normalized spacial score (nSPS) is 18.2. The number of likely N-dealkylation sites (tertiary alicyclic amines) is 1. The molecule has 120 valence electrons. The lowest BCUT2D eigenvalue weighted by Crippen LogP contribution is -2.40. The first-order chi connectivity index (χ1) is 10.6. The van der Waals surface area contributed by atoms with Crippen LogP contribution in [0.15, 0.2) is 24.3 Å². The van der Waals surface area contributed by atoms with Crippen molar-refractivity contribution < 1.29 is 14.7 Å². The highest BCUT2D eigenvalue weighted by molar-refractivity contribution is 5.76. The molecule has 1 N–H and O–H groups in total. The van der Waals surface area contributed by atoms with Crippen LogP contribution < -0.4 is 0 Å². The van der Waals surface area contributed by atoms with Gasteiger partial charge in [-0.2, -0.15) is 0 Å².